The molecule has 0 atom stereocenters. The van der Waals surface area contributed by atoms with E-state index in [2.05, 4.69) is 5.32 Å². The maximum absolute atomic E-state index is 12.3. The molecule has 21 heavy (non-hydrogen) atoms. The van der Waals surface area contributed by atoms with Gasteiger partial charge in [0.05, 0.1) is 0 Å². The molecule has 1 saturated heterocycles. The van der Waals surface area contributed by atoms with Gasteiger partial charge in [-0.2, -0.15) is 0 Å². The molecule has 2 rings (SSSR count). The highest BCUT2D eigenvalue weighted by atomic mass is 16.5. The van der Waals surface area contributed by atoms with E-state index in [1.807, 2.05) is 0 Å². The number of carbonyl (C=O) groups excluding carboxylic acids is 2. The maximum atomic E-state index is 12.3. The number of likely N-dealkylation sites (tertiary alicyclic amines) is 1. The summed E-state index contributed by atoms with van der Waals surface area (Å²) in [5.74, 6) is -0.123. The third kappa shape index (κ3) is 4.19. The van der Waals surface area contributed by atoms with Crippen molar-refractivity contribution < 1.29 is 14.3 Å². The van der Waals surface area contributed by atoms with Gasteiger partial charge < -0.3 is 20.7 Å². The number of ether oxygens (including phenoxy) is 1. The second kappa shape index (κ2) is 7.08. The summed E-state index contributed by atoms with van der Waals surface area (Å²) in [6.07, 6.45) is 1.51. The first kappa shape index (κ1) is 15.3. The summed E-state index contributed by atoms with van der Waals surface area (Å²) in [7, 11) is 1.49. The average Bonchev–Trinajstić information content (AvgIpc) is 2.47. The number of piperidine rings is 1. The molecule has 0 saturated carbocycles. The molecule has 0 aromatic heterocycles. The molecule has 1 aromatic carbocycles. The molecule has 3 N–H and O–H groups in total. The van der Waals surface area contributed by atoms with Crippen LogP contribution in [0.2, 0.25) is 0 Å². The summed E-state index contributed by atoms with van der Waals surface area (Å²) in [5.41, 5.74) is 6.90. The Morgan fingerprint density at radius 3 is 2.71 bits per heavy atom. The first-order valence-corrected chi connectivity index (χ1v) is 7.03. The molecule has 6 nitrogen and oxygen atoms in total. The number of carbonyl (C=O) groups is 2. The molecule has 0 spiro atoms. The highest BCUT2D eigenvalue weighted by Crippen LogP contribution is 2.15. The van der Waals surface area contributed by atoms with Crippen LogP contribution in [0.5, 0.6) is 0 Å². The predicted octanol–water partition coefficient (Wildman–Crippen LogP) is 0.636. The number of nitrogens with two attached hydrogens (primary N) is 1. The van der Waals surface area contributed by atoms with Crippen LogP contribution < -0.4 is 11.1 Å². The number of anilines is 1. The molecule has 0 radical (unpaired) electrons. The summed E-state index contributed by atoms with van der Waals surface area (Å²) in [5, 5.41) is 2.91. The Morgan fingerprint density at radius 1 is 1.38 bits per heavy atom. The van der Waals surface area contributed by atoms with Crippen LogP contribution in [0.3, 0.4) is 0 Å². The lowest BCUT2D eigenvalue weighted by molar-refractivity contribution is -0.125. The number of nitrogens with one attached hydrogen (secondary N) is 1. The zero-order valence-corrected chi connectivity index (χ0v) is 12.2. The summed E-state index contributed by atoms with van der Waals surface area (Å²) >= 11 is 0. The fourth-order valence-corrected chi connectivity index (χ4v) is 2.48. The number of nitrogen functional groups attached to an aromatic ring is 1. The number of hydrogen-bond acceptors (Lipinski definition) is 4. The number of nitrogens with zero attached hydrogens (tertiary/aromatic N) is 1. The molecular formula is C15H21N3O3. The van der Waals surface area contributed by atoms with Gasteiger partial charge in [0.15, 0.2) is 0 Å². The van der Waals surface area contributed by atoms with E-state index in [0.717, 1.165) is 12.8 Å². The van der Waals surface area contributed by atoms with E-state index >= 15 is 0 Å². The zero-order chi connectivity index (χ0) is 15.2. The summed E-state index contributed by atoms with van der Waals surface area (Å²) < 4.78 is 4.79. The van der Waals surface area contributed by atoms with Gasteiger partial charge >= 0.3 is 0 Å². The molecule has 6 heteroatoms. The van der Waals surface area contributed by atoms with Crippen molar-refractivity contribution in [2.45, 2.75) is 18.9 Å². The van der Waals surface area contributed by atoms with Crippen LogP contribution in [0.15, 0.2) is 24.3 Å². The third-order valence-corrected chi connectivity index (χ3v) is 3.56. The minimum atomic E-state index is -0.113. The molecule has 1 aromatic rings. The molecule has 0 unspecified atom stereocenters. The number of rotatable bonds is 4. The van der Waals surface area contributed by atoms with E-state index in [0.29, 0.717) is 24.3 Å². The molecule has 2 amide bonds. The van der Waals surface area contributed by atoms with Gasteiger partial charge in [0.2, 0.25) is 5.91 Å². The zero-order valence-electron chi connectivity index (χ0n) is 12.2. The van der Waals surface area contributed by atoms with Crippen molar-refractivity contribution in [1.29, 1.82) is 0 Å². The molecule has 0 aliphatic carbocycles. The first-order valence-electron chi connectivity index (χ1n) is 7.03. The molecule has 1 aliphatic heterocycles. The second-order valence-corrected chi connectivity index (χ2v) is 5.19. The standard InChI is InChI=1S/C15H21N3O3/c1-21-10-14(19)17-13-5-7-18(8-6-13)15(20)11-3-2-4-12(16)9-11/h2-4,9,13H,5-8,10,16H2,1H3,(H,17,19). The topological polar surface area (TPSA) is 84.7 Å². The lowest BCUT2D eigenvalue weighted by Crippen LogP contribution is -2.47. The van der Waals surface area contributed by atoms with Gasteiger partial charge in [-0.15, -0.1) is 0 Å². The van der Waals surface area contributed by atoms with Crippen LogP contribution in [0.4, 0.5) is 5.69 Å². The fraction of sp³-hybridized carbons (Fsp3) is 0.467. The van der Waals surface area contributed by atoms with E-state index in [-0.39, 0.29) is 24.5 Å². The van der Waals surface area contributed by atoms with Crippen LogP contribution in [-0.4, -0.2) is 49.6 Å². The Bertz CT molecular complexity index is 511. The number of methoxy groups -OCH3 is 1. The van der Waals surface area contributed by atoms with Crippen molar-refractivity contribution in [3.63, 3.8) is 0 Å². The van der Waals surface area contributed by atoms with E-state index in [9.17, 15) is 9.59 Å². The predicted molar refractivity (Wildman–Crippen MR) is 79.8 cm³/mol. The lowest BCUT2D eigenvalue weighted by Gasteiger charge is -2.32. The van der Waals surface area contributed by atoms with Crippen molar-refractivity contribution in [1.82, 2.24) is 10.2 Å². The van der Waals surface area contributed by atoms with E-state index in [1.54, 1.807) is 29.2 Å². The van der Waals surface area contributed by atoms with Crippen molar-refractivity contribution in [3.8, 4) is 0 Å². The van der Waals surface area contributed by atoms with Crippen LogP contribution in [0.25, 0.3) is 0 Å². The monoisotopic (exact) mass is 291 g/mol. The minimum Gasteiger partial charge on any atom is -0.399 e. The molecular weight excluding hydrogens is 270 g/mol. The van der Waals surface area contributed by atoms with Crippen molar-refractivity contribution in [2.75, 3.05) is 32.5 Å². The average molecular weight is 291 g/mol. The van der Waals surface area contributed by atoms with Gasteiger partial charge in [-0.25, -0.2) is 0 Å². The first-order chi connectivity index (χ1) is 10.1. The van der Waals surface area contributed by atoms with Gasteiger partial charge in [-0.1, -0.05) is 6.07 Å². The van der Waals surface area contributed by atoms with Crippen LogP contribution in [0.1, 0.15) is 23.2 Å². The summed E-state index contributed by atoms with van der Waals surface area (Å²) in [4.78, 5) is 25.6. The van der Waals surface area contributed by atoms with Gasteiger partial charge in [0, 0.05) is 37.5 Å². The quantitative estimate of drug-likeness (QED) is 0.797. The maximum Gasteiger partial charge on any atom is 0.253 e. The highest BCUT2D eigenvalue weighted by molar-refractivity contribution is 5.95. The smallest absolute Gasteiger partial charge is 0.253 e. The SMILES string of the molecule is COCC(=O)NC1CCN(C(=O)c2cccc(N)c2)CC1. The van der Waals surface area contributed by atoms with Crippen molar-refractivity contribution in [2.24, 2.45) is 0 Å². The third-order valence-electron chi connectivity index (χ3n) is 3.56. The van der Waals surface area contributed by atoms with E-state index in [1.165, 1.54) is 7.11 Å². The number of benzene rings is 1. The minimum absolute atomic E-state index is 0.0102. The Kier molecular flexibility index (Phi) is 5.16. The second-order valence-electron chi connectivity index (χ2n) is 5.19. The Labute approximate surface area is 124 Å². The molecule has 1 aliphatic rings. The van der Waals surface area contributed by atoms with E-state index in [4.69, 9.17) is 10.5 Å². The van der Waals surface area contributed by atoms with Crippen LogP contribution >= 0.6 is 0 Å². The van der Waals surface area contributed by atoms with Crippen molar-refractivity contribution in [3.05, 3.63) is 29.8 Å². The summed E-state index contributed by atoms with van der Waals surface area (Å²) in [6, 6.07) is 7.10. The van der Waals surface area contributed by atoms with Gasteiger partial charge in [0.1, 0.15) is 6.61 Å². The Morgan fingerprint density at radius 2 is 2.10 bits per heavy atom. The lowest BCUT2D eigenvalue weighted by atomic mass is 10.0. The number of hydrogen-bond donors (Lipinski definition) is 2. The van der Waals surface area contributed by atoms with Gasteiger partial charge in [0.25, 0.3) is 5.91 Å². The molecule has 0 bridgehead atoms. The van der Waals surface area contributed by atoms with Crippen LogP contribution in [0, 0.1) is 0 Å². The molecule has 114 valence electrons. The van der Waals surface area contributed by atoms with Gasteiger partial charge in [-0.05, 0) is 31.0 Å². The normalized spacial score (nSPS) is 15.8. The van der Waals surface area contributed by atoms with Gasteiger partial charge in [-0.3, -0.25) is 9.59 Å². The largest absolute Gasteiger partial charge is 0.399 e. The van der Waals surface area contributed by atoms with Crippen LogP contribution in [-0.2, 0) is 9.53 Å². The molecule has 1 heterocycles. The van der Waals surface area contributed by atoms with E-state index < -0.39 is 0 Å². The highest BCUT2D eigenvalue weighted by Gasteiger charge is 2.24. The summed E-state index contributed by atoms with van der Waals surface area (Å²) in [6.45, 7) is 1.33. The Balaban J connectivity index is 1.86. The fourth-order valence-electron chi connectivity index (χ4n) is 2.48. The number of amides is 2. The Hall–Kier alpha value is -2.08. The van der Waals surface area contributed by atoms with Crippen molar-refractivity contribution >= 4 is 17.5 Å². The molecule has 1 fully saturated rings.